The SMILES string of the molecule is COCc1cccc(CNCCC(=O)OC)c1. The lowest BCUT2D eigenvalue weighted by Gasteiger charge is -2.06. The zero-order valence-electron chi connectivity index (χ0n) is 10.4. The van der Waals surface area contributed by atoms with Crippen molar-refractivity contribution < 1.29 is 14.3 Å². The Morgan fingerprint density at radius 1 is 1.29 bits per heavy atom. The average Bonchev–Trinajstić information content (AvgIpc) is 2.35. The number of rotatable bonds is 7. The van der Waals surface area contributed by atoms with Crippen molar-refractivity contribution in [2.75, 3.05) is 20.8 Å². The Hall–Kier alpha value is -1.39. The largest absolute Gasteiger partial charge is 0.469 e. The van der Waals surface area contributed by atoms with Crippen LogP contribution in [0.25, 0.3) is 0 Å². The van der Waals surface area contributed by atoms with E-state index >= 15 is 0 Å². The summed E-state index contributed by atoms with van der Waals surface area (Å²) in [6.07, 6.45) is 0.397. The molecule has 1 N–H and O–H groups in total. The van der Waals surface area contributed by atoms with Gasteiger partial charge in [0.1, 0.15) is 0 Å². The van der Waals surface area contributed by atoms with Crippen molar-refractivity contribution in [1.82, 2.24) is 5.32 Å². The molecule has 0 spiro atoms. The second-order valence-corrected chi connectivity index (χ2v) is 3.76. The number of carbonyl (C=O) groups is 1. The summed E-state index contributed by atoms with van der Waals surface area (Å²) in [5.74, 6) is -0.189. The molecule has 94 valence electrons. The number of nitrogens with one attached hydrogen (secondary N) is 1. The summed E-state index contributed by atoms with van der Waals surface area (Å²) >= 11 is 0. The zero-order chi connectivity index (χ0) is 12.5. The van der Waals surface area contributed by atoms with Crippen LogP contribution in [0, 0.1) is 0 Å². The predicted octanol–water partition coefficient (Wildman–Crippen LogP) is 1.49. The molecule has 0 aromatic heterocycles. The van der Waals surface area contributed by atoms with E-state index in [0.29, 0.717) is 19.6 Å². The van der Waals surface area contributed by atoms with E-state index in [-0.39, 0.29) is 5.97 Å². The Morgan fingerprint density at radius 3 is 2.76 bits per heavy atom. The minimum atomic E-state index is -0.189. The van der Waals surface area contributed by atoms with Gasteiger partial charge in [0.25, 0.3) is 0 Å². The Bertz CT molecular complexity index is 352. The summed E-state index contributed by atoms with van der Waals surface area (Å²) < 4.78 is 9.63. The number of benzene rings is 1. The molecule has 0 saturated heterocycles. The van der Waals surface area contributed by atoms with E-state index in [9.17, 15) is 4.79 Å². The maximum Gasteiger partial charge on any atom is 0.306 e. The molecule has 17 heavy (non-hydrogen) atoms. The highest BCUT2D eigenvalue weighted by molar-refractivity contribution is 5.69. The molecule has 1 aromatic carbocycles. The molecule has 0 fully saturated rings. The van der Waals surface area contributed by atoms with Gasteiger partial charge in [-0.2, -0.15) is 0 Å². The molecule has 0 aliphatic heterocycles. The van der Waals surface area contributed by atoms with Gasteiger partial charge in [-0.05, 0) is 11.1 Å². The monoisotopic (exact) mass is 237 g/mol. The van der Waals surface area contributed by atoms with Gasteiger partial charge in [-0.3, -0.25) is 4.79 Å². The molecular weight excluding hydrogens is 218 g/mol. The topological polar surface area (TPSA) is 47.6 Å². The number of hydrogen-bond donors (Lipinski definition) is 1. The van der Waals surface area contributed by atoms with Crippen LogP contribution < -0.4 is 5.32 Å². The molecule has 4 nitrogen and oxygen atoms in total. The highest BCUT2D eigenvalue weighted by Gasteiger charge is 1.99. The first kappa shape index (κ1) is 13.7. The summed E-state index contributed by atoms with van der Waals surface area (Å²) in [6, 6.07) is 8.17. The Balaban J connectivity index is 2.31. The molecule has 4 heteroatoms. The third-order valence-electron chi connectivity index (χ3n) is 2.37. The normalized spacial score (nSPS) is 10.2. The van der Waals surface area contributed by atoms with Crippen LogP contribution in [-0.4, -0.2) is 26.7 Å². The summed E-state index contributed by atoms with van der Waals surface area (Å²) in [4.78, 5) is 10.9. The van der Waals surface area contributed by atoms with Crippen molar-refractivity contribution in [1.29, 1.82) is 0 Å². The lowest BCUT2D eigenvalue weighted by molar-refractivity contribution is -0.140. The minimum absolute atomic E-state index is 0.189. The molecule has 0 heterocycles. The fraction of sp³-hybridized carbons (Fsp3) is 0.462. The standard InChI is InChI=1S/C13H19NO3/c1-16-10-12-5-3-4-11(8-12)9-14-7-6-13(15)17-2/h3-5,8,14H,6-7,9-10H2,1-2H3. The van der Waals surface area contributed by atoms with Crippen LogP contribution in [0.3, 0.4) is 0 Å². The van der Waals surface area contributed by atoms with Gasteiger partial charge in [0.15, 0.2) is 0 Å². The fourth-order valence-electron chi connectivity index (χ4n) is 1.52. The van der Waals surface area contributed by atoms with Gasteiger partial charge in [-0.15, -0.1) is 0 Å². The number of carbonyl (C=O) groups excluding carboxylic acids is 1. The highest BCUT2D eigenvalue weighted by Crippen LogP contribution is 2.06. The van der Waals surface area contributed by atoms with Crippen LogP contribution in [0.15, 0.2) is 24.3 Å². The van der Waals surface area contributed by atoms with E-state index < -0.39 is 0 Å². The molecule has 1 aromatic rings. The van der Waals surface area contributed by atoms with E-state index in [1.165, 1.54) is 12.7 Å². The molecule has 0 amide bonds. The lowest BCUT2D eigenvalue weighted by atomic mass is 10.1. The van der Waals surface area contributed by atoms with Crippen molar-refractivity contribution in [3.63, 3.8) is 0 Å². The van der Waals surface area contributed by atoms with Crippen LogP contribution in [0.4, 0.5) is 0 Å². The van der Waals surface area contributed by atoms with E-state index in [4.69, 9.17) is 4.74 Å². The first-order valence-corrected chi connectivity index (χ1v) is 5.60. The van der Waals surface area contributed by atoms with Crippen LogP contribution in [-0.2, 0) is 27.4 Å². The van der Waals surface area contributed by atoms with Crippen molar-refractivity contribution in [2.24, 2.45) is 0 Å². The number of hydrogen-bond acceptors (Lipinski definition) is 4. The maximum atomic E-state index is 10.9. The van der Waals surface area contributed by atoms with Crippen LogP contribution >= 0.6 is 0 Å². The fourth-order valence-corrected chi connectivity index (χ4v) is 1.52. The summed E-state index contributed by atoms with van der Waals surface area (Å²) in [5, 5.41) is 3.19. The second-order valence-electron chi connectivity index (χ2n) is 3.76. The van der Waals surface area contributed by atoms with E-state index in [2.05, 4.69) is 16.1 Å². The summed E-state index contributed by atoms with van der Waals surface area (Å²) in [6.45, 7) is 1.99. The molecule has 0 bridgehead atoms. The van der Waals surface area contributed by atoms with E-state index in [1.54, 1.807) is 7.11 Å². The van der Waals surface area contributed by atoms with E-state index in [1.807, 2.05) is 18.2 Å². The first-order chi connectivity index (χ1) is 8.26. The van der Waals surface area contributed by atoms with Gasteiger partial charge < -0.3 is 14.8 Å². The molecule has 0 aliphatic carbocycles. The van der Waals surface area contributed by atoms with Gasteiger partial charge in [0, 0.05) is 20.2 Å². The van der Waals surface area contributed by atoms with Crippen LogP contribution in [0.2, 0.25) is 0 Å². The molecule has 0 radical (unpaired) electrons. The van der Waals surface area contributed by atoms with Gasteiger partial charge in [0.2, 0.25) is 0 Å². The zero-order valence-corrected chi connectivity index (χ0v) is 10.4. The third kappa shape index (κ3) is 5.47. The van der Waals surface area contributed by atoms with Crippen LogP contribution in [0.5, 0.6) is 0 Å². The molecule has 0 saturated carbocycles. The summed E-state index contributed by atoms with van der Waals surface area (Å²) in [7, 11) is 3.08. The number of methoxy groups -OCH3 is 2. The summed E-state index contributed by atoms with van der Waals surface area (Å²) in [5.41, 5.74) is 2.34. The minimum Gasteiger partial charge on any atom is -0.469 e. The van der Waals surface area contributed by atoms with Gasteiger partial charge in [-0.25, -0.2) is 0 Å². The van der Waals surface area contributed by atoms with Gasteiger partial charge in [0.05, 0.1) is 20.1 Å². The Kier molecular flexibility index (Phi) is 6.29. The highest BCUT2D eigenvalue weighted by atomic mass is 16.5. The molecule has 0 aliphatic rings. The van der Waals surface area contributed by atoms with Crippen molar-refractivity contribution in [3.05, 3.63) is 35.4 Å². The molecule has 0 atom stereocenters. The maximum absolute atomic E-state index is 10.9. The number of ether oxygens (including phenoxy) is 2. The Labute approximate surface area is 102 Å². The van der Waals surface area contributed by atoms with Gasteiger partial charge in [-0.1, -0.05) is 24.3 Å². The third-order valence-corrected chi connectivity index (χ3v) is 2.37. The molecule has 0 unspecified atom stereocenters. The predicted molar refractivity (Wildman–Crippen MR) is 65.5 cm³/mol. The van der Waals surface area contributed by atoms with Crippen LogP contribution in [0.1, 0.15) is 17.5 Å². The van der Waals surface area contributed by atoms with Crippen molar-refractivity contribution in [3.8, 4) is 0 Å². The van der Waals surface area contributed by atoms with E-state index in [0.717, 1.165) is 12.1 Å². The van der Waals surface area contributed by atoms with Crippen molar-refractivity contribution in [2.45, 2.75) is 19.6 Å². The molecular formula is C13H19NO3. The smallest absolute Gasteiger partial charge is 0.306 e. The first-order valence-electron chi connectivity index (χ1n) is 5.60. The van der Waals surface area contributed by atoms with Crippen molar-refractivity contribution >= 4 is 5.97 Å². The van der Waals surface area contributed by atoms with Gasteiger partial charge >= 0.3 is 5.97 Å². The second kappa shape index (κ2) is 7.81. The Morgan fingerprint density at radius 2 is 2.06 bits per heavy atom. The lowest BCUT2D eigenvalue weighted by Crippen LogP contribution is -2.18. The molecule has 1 rings (SSSR count). The number of esters is 1. The average molecular weight is 237 g/mol. The quantitative estimate of drug-likeness (QED) is 0.576.